The molecule has 0 saturated carbocycles. The number of nitrogens with zero attached hydrogens (tertiary/aromatic N) is 1. The van der Waals surface area contributed by atoms with Gasteiger partial charge in [-0.15, -0.1) is 0 Å². The van der Waals surface area contributed by atoms with Gasteiger partial charge in [-0.1, -0.05) is 64.3 Å². The van der Waals surface area contributed by atoms with Gasteiger partial charge in [0.05, 0.1) is 0 Å². The summed E-state index contributed by atoms with van der Waals surface area (Å²) >= 11 is 0. The molecule has 0 saturated heterocycles. The maximum Gasteiger partial charge on any atom is 0.363 e. The summed E-state index contributed by atoms with van der Waals surface area (Å²) in [6, 6.07) is 13.3. The van der Waals surface area contributed by atoms with E-state index in [1.165, 1.54) is 5.56 Å². The largest absolute Gasteiger partial charge is 0.486 e. The number of ether oxygens (including phenoxy) is 3. The molecule has 160 valence electrons. The second-order valence-corrected chi connectivity index (χ2v) is 8.07. The maximum atomic E-state index is 12.4. The van der Waals surface area contributed by atoms with Crippen molar-refractivity contribution < 1.29 is 19.0 Å². The van der Waals surface area contributed by atoms with Crippen molar-refractivity contribution in [3.63, 3.8) is 0 Å². The highest BCUT2D eigenvalue weighted by atomic mass is 16.6. The minimum atomic E-state index is -0.490. The van der Waals surface area contributed by atoms with E-state index in [0.29, 0.717) is 30.6 Å². The van der Waals surface area contributed by atoms with Gasteiger partial charge in [0.1, 0.15) is 13.2 Å². The molecule has 0 radical (unpaired) electrons. The number of hydrogen-bond donors (Lipinski definition) is 0. The Bertz CT molecular complexity index is 1040. The third kappa shape index (κ3) is 5.51. The number of carbonyl (C=O) groups is 1. The minimum absolute atomic E-state index is 0.0463. The van der Waals surface area contributed by atoms with Gasteiger partial charge in [0.15, 0.2) is 17.2 Å². The van der Waals surface area contributed by atoms with Crippen LogP contribution in [-0.4, -0.2) is 25.1 Å². The van der Waals surface area contributed by atoms with Crippen molar-refractivity contribution in [2.45, 2.75) is 26.2 Å². The number of cyclic esters (lactones) is 1. The van der Waals surface area contributed by atoms with Gasteiger partial charge in [-0.2, -0.15) is 0 Å². The quantitative estimate of drug-likeness (QED) is 0.325. The van der Waals surface area contributed by atoms with Crippen LogP contribution in [0.25, 0.3) is 6.08 Å². The Balaban J connectivity index is 1.87. The molecule has 2 aromatic carbocycles. The van der Waals surface area contributed by atoms with Gasteiger partial charge in [0, 0.05) is 5.56 Å². The lowest BCUT2D eigenvalue weighted by atomic mass is 9.87. The molecule has 0 N–H and O–H groups in total. The third-order valence-electron chi connectivity index (χ3n) is 4.60. The predicted molar refractivity (Wildman–Crippen MR) is 124 cm³/mol. The summed E-state index contributed by atoms with van der Waals surface area (Å²) in [7, 11) is 0. The minimum Gasteiger partial charge on any atom is -0.486 e. The zero-order chi connectivity index (χ0) is 22.4. The van der Waals surface area contributed by atoms with Crippen LogP contribution in [0.3, 0.4) is 0 Å². The first kappa shape index (κ1) is 22.1. The number of esters is 1. The van der Waals surface area contributed by atoms with Gasteiger partial charge in [-0.3, -0.25) is 0 Å². The van der Waals surface area contributed by atoms with E-state index in [4.69, 9.17) is 14.2 Å². The molecular formula is C26H27NO4. The third-order valence-corrected chi connectivity index (χ3v) is 4.60. The SMILES string of the molecule is C=CCOc1ccc(C=C2N=C(c3ccc(C(C)(C)C)cc3)OC2=O)cc1OCC=C. The van der Waals surface area contributed by atoms with Gasteiger partial charge in [-0.25, -0.2) is 9.79 Å². The van der Waals surface area contributed by atoms with Crippen LogP contribution < -0.4 is 9.47 Å². The first-order valence-corrected chi connectivity index (χ1v) is 10.1. The van der Waals surface area contributed by atoms with Crippen molar-refractivity contribution in [2.24, 2.45) is 4.99 Å². The van der Waals surface area contributed by atoms with Gasteiger partial charge >= 0.3 is 5.97 Å². The van der Waals surface area contributed by atoms with Gasteiger partial charge < -0.3 is 14.2 Å². The smallest absolute Gasteiger partial charge is 0.363 e. The molecule has 0 aliphatic carbocycles. The molecule has 1 heterocycles. The molecule has 1 aliphatic rings. The van der Waals surface area contributed by atoms with Crippen molar-refractivity contribution in [1.82, 2.24) is 0 Å². The maximum absolute atomic E-state index is 12.4. The Hall–Kier alpha value is -3.60. The number of hydrogen-bond acceptors (Lipinski definition) is 5. The normalized spacial score (nSPS) is 14.7. The molecule has 0 spiro atoms. The van der Waals surface area contributed by atoms with Crippen LogP contribution in [0.15, 0.2) is 78.5 Å². The van der Waals surface area contributed by atoms with E-state index in [1.54, 1.807) is 30.4 Å². The molecule has 0 unspecified atom stereocenters. The Morgan fingerprint density at radius 3 is 2.23 bits per heavy atom. The second-order valence-electron chi connectivity index (χ2n) is 8.07. The van der Waals surface area contributed by atoms with Crippen LogP contribution in [0.2, 0.25) is 0 Å². The molecule has 31 heavy (non-hydrogen) atoms. The summed E-state index contributed by atoms with van der Waals surface area (Å²) in [6.45, 7) is 14.5. The Morgan fingerprint density at radius 1 is 0.968 bits per heavy atom. The van der Waals surface area contributed by atoms with Crippen molar-refractivity contribution in [1.29, 1.82) is 0 Å². The van der Waals surface area contributed by atoms with E-state index in [-0.39, 0.29) is 11.1 Å². The van der Waals surface area contributed by atoms with E-state index in [1.807, 2.05) is 30.3 Å². The van der Waals surface area contributed by atoms with Gasteiger partial charge in [0.25, 0.3) is 0 Å². The first-order valence-electron chi connectivity index (χ1n) is 10.1. The van der Waals surface area contributed by atoms with Crippen LogP contribution in [0.4, 0.5) is 0 Å². The van der Waals surface area contributed by atoms with E-state index in [0.717, 1.165) is 11.1 Å². The number of aliphatic imine (C=N–C) groups is 1. The lowest BCUT2D eigenvalue weighted by molar-refractivity contribution is -0.129. The molecule has 3 rings (SSSR count). The summed E-state index contributed by atoms with van der Waals surface area (Å²) in [4.78, 5) is 16.8. The van der Waals surface area contributed by atoms with Crippen molar-refractivity contribution in [3.05, 3.63) is 90.2 Å². The molecular weight excluding hydrogens is 390 g/mol. The topological polar surface area (TPSA) is 57.1 Å². The Morgan fingerprint density at radius 2 is 1.61 bits per heavy atom. The number of rotatable bonds is 8. The van der Waals surface area contributed by atoms with Crippen molar-refractivity contribution in [2.75, 3.05) is 13.2 Å². The molecule has 1 aliphatic heterocycles. The fourth-order valence-corrected chi connectivity index (χ4v) is 2.95. The highest BCUT2D eigenvalue weighted by Crippen LogP contribution is 2.30. The Kier molecular flexibility index (Phi) is 6.75. The van der Waals surface area contributed by atoms with Gasteiger partial charge in [-0.05, 0) is 46.9 Å². The zero-order valence-corrected chi connectivity index (χ0v) is 18.2. The molecule has 0 bridgehead atoms. The molecule has 0 aromatic heterocycles. The molecule has 2 aromatic rings. The van der Waals surface area contributed by atoms with Crippen LogP contribution in [-0.2, 0) is 14.9 Å². The summed E-state index contributed by atoms with van der Waals surface area (Å²) < 4.78 is 16.7. The standard InChI is InChI=1S/C26H27NO4/c1-6-14-29-22-13-8-18(17-23(22)30-15-7-2)16-21-25(28)31-24(27-21)19-9-11-20(12-10-19)26(3,4)5/h6-13,16-17H,1-2,14-15H2,3-5H3. The van der Waals surface area contributed by atoms with E-state index in [2.05, 4.69) is 38.9 Å². The molecule has 0 fully saturated rings. The van der Waals surface area contributed by atoms with Gasteiger partial charge in [0.2, 0.25) is 5.90 Å². The summed E-state index contributed by atoms with van der Waals surface area (Å²) in [6.07, 6.45) is 4.97. The molecule has 0 amide bonds. The second kappa shape index (κ2) is 9.47. The van der Waals surface area contributed by atoms with E-state index < -0.39 is 5.97 Å². The van der Waals surface area contributed by atoms with Crippen LogP contribution in [0.1, 0.15) is 37.5 Å². The monoisotopic (exact) mass is 417 g/mol. The highest BCUT2D eigenvalue weighted by Gasteiger charge is 2.25. The number of carbonyl (C=O) groups excluding carboxylic acids is 1. The fraction of sp³-hybridized carbons (Fsp3) is 0.231. The summed E-state index contributed by atoms with van der Waals surface area (Å²) in [5, 5.41) is 0. The number of benzene rings is 2. The van der Waals surface area contributed by atoms with Crippen molar-refractivity contribution in [3.8, 4) is 11.5 Å². The average Bonchev–Trinajstić information content (AvgIpc) is 3.11. The fourth-order valence-electron chi connectivity index (χ4n) is 2.95. The van der Waals surface area contributed by atoms with Crippen LogP contribution in [0.5, 0.6) is 11.5 Å². The Labute approximate surface area is 183 Å². The highest BCUT2D eigenvalue weighted by molar-refractivity contribution is 6.12. The van der Waals surface area contributed by atoms with Crippen LogP contribution in [0, 0.1) is 0 Å². The predicted octanol–water partition coefficient (Wildman–Crippen LogP) is 5.46. The lowest BCUT2D eigenvalue weighted by Crippen LogP contribution is -2.11. The molecule has 5 nitrogen and oxygen atoms in total. The van der Waals surface area contributed by atoms with E-state index in [9.17, 15) is 4.79 Å². The zero-order valence-electron chi connectivity index (χ0n) is 18.2. The first-order chi connectivity index (χ1) is 14.8. The summed E-state index contributed by atoms with van der Waals surface area (Å²) in [5.74, 6) is 0.937. The molecule has 5 heteroatoms. The van der Waals surface area contributed by atoms with E-state index >= 15 is 0 Å². The molecule has 0 atom stereocenters. The summed E-state index contributed by atoms with van der Waals surface area (Å²) in [5.41, 5.74) is 2.97. The van der Waals surface area contributed by atoms with Crippen molar-refractivity contribution >= 4 is 17.9 Å². The lowest BCUT2D eigenvalue weighted by Gasteiger charge is -2.18. The average molecular weight is 418 g/mol. The van der Waals surface area contributed by atoms with Crippen LogP contribution >= 0.6 is 0 Å².